The Bertz CT molecular complexity index is 251. The largest absolute Gasteiger partial charge is 1.00 e. The lowest BCUT2D eigenvalue weighted by atomic mass is 10.3. The normalized spacial score (nSPS) is 8.50. The molecule has 0 atom stereocenters. The second-order valence-electron chi connectivity index (χ2n) is 2.50. The molecule has 0 N–H and O–H groups in total. The maximum Gasteiger partial charge on any atom is 1.00 e. The lowest BCUT2D eigenvalue weighted by Gasteiger charge is -2.10. The molecule has 3 nitrogen and oxygen atoms in total. The summed E-state index contributed by atoms with van der Waals surface area (Å²) >= 11 is 0. The smallest absolute Gasteiger partial charge is 1.00 e. The van der Waals surface area contributed by atoms with Gasteiger partial charge in [0, 0.05) is 19.8 Å². The molecular formula is C8H11ClN2O. The zero-order chi connectivity index (χ0) is 8.27. The average Bonchev–Trinajstić information content (AvgIpc) is 2.05. The molecule has 1 aromatic carbocycles. The molecule has 12 heavy (non-hydrogen) atoms. The van der Waals surface area contributed by atoms with Gasteiger partial charge in [-0.2, -0.15) is 0 Å². The molecule has 0 saturated heterocycles. The van der Waals surface area contributed by atoms with Crippen molar-refractivity contribution in [3.8, 4) is 0 Å². The first-order valence-corrected chi connectivity index (χ1v) is 3.35. The maximum absolute atomic E-state index is 10.0. The van der Waals surface area contributed by atoms with Crippen LogP contribution in [0.25, 0.3) is 0 Å². The van der Waals surface area contributed by atoms with Gasteiger partial charge in [-0.3, -0.25) is 0 Å². The Hall–Kier alpha value is -1.09. The highest BCUT2D eigenvalue weighted by Crippen LogP contribution is 2.17. The molecule has 0 bridgehead atoms. The molecule has 0 aliphatic rings. The van der Waals surface area contributed by atoms with E-state index in [0.29, 0.717) is 5.69 Å². The van der Waals surface area contributed by atoms with Crippen LogP contribution >= 0.6 is 0 Å². The molecule has 0 heterocycles. The molecular weight excluding hydrogens is 176 g/mol. The van der Waals surface area contributed by atoms with Gasteiger partial charge in [0.1, 0.15) is 5.69 Å². The van der Waals surface area contributed by atoms with Gasteiger partial charge in [-0.1, -0.05) is 0 Å². The Morgan fingerprint density at radius 1 is 1.25 bits per heavy atom. The first-order chi connectivity index (χ1) is 5.24. The van der Waals surface area contributed by atoms with E-state index in [1.54, 1.807) is 12.1 Å². The molecule has 4 heteroatoms. The van der Waals surface area contributed by atoms with E-state index in [0.717, 1.165) is 5.69 Å². The minimum atomic E-state index is 0. The summed E-state index contributed by atoms with van der Waals surface area (Å²) in [7, 11) is 3.90. The van der Waals surface area contributed by atoms with Crippen molar-refractivity contribution in [2.24, 2.45) is 5.18 Å². The van der Waals surface area contributed by atoms with Gasteiger partial charge < -0.3 is 17.3 Å². The number of hydrogen-bond acceptors (Lipinski definition) is 3. The Balaban J connectivity index is 0. The lowest BCUT2D eigenvalue weighted by molar-refractivity contribution is -0.00000238. The third-order valence-corrected chi connectivity index (χ3v) is 1.47. The quantitative estimate of drug-likeness (QED) is 0.571. The highest BCUT2D eigenvalue weighted by atomic mass is 35.5. The van der Waals surface area contributed by atoms with Gasteiger partial charge in [0.2, 0.25) is 0 Å². The van der Waals surface area contributed by atoms with Crippen molar-refractivity contribution < 1.29 is 13.8 Å². The Morgan fingerprint density at radius 3 is 2.08 bits per heavy atom. The van der Waals surface area contributed by atoms with Crippen molar-refractivity contribution in [3.63, 3.8) is 0 Å². The summed E-state index contributed by atoms with van der Waals surface area (Å²) in [6, 6.07) is 7.11. The summed E-state index contributed by atoms with van der Waals surface area (Å²) in [5.41, 5.74) is 1.54. The van der Waals surface area contributed by atoms with Crippen LogP contribution in [-0.4, -0.2) is 14.1 Å². The van der Waals surface area contributed by atoms with E-state index in [1.165, 1.54) is 0 Å². The number of nitroso groups, excluding NO2 is 1. The van der Waals surface area contributed by atoms with Crippen molar-refractivity contribution >= 4 is 11.4 Å². The van der Waals surface area contributed by atoms with E-state index < -0.39 is 0 Å². The third kappa shape index (κ3) is 2.51. The lowest BCUT2D eigenvalue weighted by Crippen LogP contribution is -3.00. The van der Waals surface area contributed by atoms with Crippen LogP contribution in [0.15, 0.2) is 29.4 Å². The molecule has 0 spiro atoms. The SMILES string of the molecule is CN(C)c1ccc(N=O)cc1.[Cl-].[H+]. The van der Waals surface area contributed by atoms with Gasteiger partial charge in [-0.05, 0) is 29.4 Å². The first-order valence-electron chi connectivity index (χ1n) is 3.35. The van der Waals surface area contributed by atoms with Crippen LogP contribution in [0.2, 0.25) is 0 Å². The number of halogens is 1. The topological polar surface area (TPSA) is 32.7 Å². The van der Waals surface area contributed by atoms with Gasteiger partial charge in [0.15, 0.2) is 0 Å². The standard InChI is InChI=1S/C8H10N2O.ClH/c1-10(2)8-5-3-7(9-11)4-6-8;/h3-6H,1-2H3;1H. The fraction of sp³-hybridized carbons (Fsp3) is 0.250. The van der Waals surface area contributed by atoms with Crippen LogP contribution in [0, 0.1) is 4.91 Å². The molecule has 0 unspecified atom stereocenters. The highest BCUT2D eigenvalue weighted by Gasteiger charge is 1.93. The molecule has 0 fully saturated rings. The highest BCUT2D eigenvalue weighted by molar-refractivity contribution is 5.51. The van der Waals surface area contributed by atoms with Crippen LogP contribution in [0.4, 0.5) is 11.4 Å². The van der Waals surface area contributed by atoms with Crippen LogP contribution in [-0.2, 0) is 0 Å². The maximum atomic E-state index is 10.0. The zero-order valence-electron chi connectivity index (χ0n) is 7.99. The fourth-order valence-corrected chi connectivity index (χ4v) is 0.812. The predicted octanol–water partition coefficient (Wildman–Crippen LogP) is -0.733. The molecule has 1 aromatic rings. The second kappa shape index (κ2) is 4.72. The van der Waals surface area contributed by atoms with Gasteiger partial charge >= 0.3 is 1.43 Å². The number of nitrogens with zero attached hydrogens (tertiary/aromatic N) is 2. The fourth-order valence-electron chi connectivity index (χ4n) is 0.812. The number of hydrogen-bond donors (Lipinski definition) is 0. The number of anilines is 1. The minimum absolute atomic E-state index is 0. The van der Waals surface area contributed by atoms with Crippen molar-refractivity contribution in [2.75, 3.05) is 19.0 Å². The molecule has 0 amide bonds. The molecule has 0 radical (unpaired) electrons. The Kier molecular flexibility index (Phi) is 4.29. The summed E-state index contributed by atoms with van der Waals surface area (Å²) < 4.78 is 0. The van der Waals surface area contributed by atoms with Crippen molar-refractivity contribution in [1.29, 1.82) is 0 Å². The van der Waals surface area contributed by atoms with Gasteiger partial charge in [0.05, 0.1) is 0 Å². The van der Waals surface area contributed by atoms with Crippen LogP contribution < -0.4 is 17.3 Å². The van der Waals surface area contributed by atoms with Crippen LogP contribution in [0.1, 0.15) is 1.43 Å². The molecule has 0 aliphatic heterocycles. The van der Waals surface area contributed by atoms with E-state index in [1.807, 2.05) is 31.1 Å². The number of benzene rings is 1. The summed E-state index contributed by atoms with van der Waals surface area (Å²) in [6.07, 6.45) is 0. The molecule has 1 rings (SSSR count). The average molecular weight is 187 g/mol. The van der Waals surface area contributed by atoms with Crippen molar-refractivity contribution in [2.45, 2.75) is 0 Å². The van der Waals surface area contributed by atoms with E-state index in [2.05, 4.69) is 5.18 Å². The van der Waals surface area contributed by atoms with Gasteiger partial charge in [0.25, 0.3) is 0 Å². The molecule has 0 saturated carbocycles. The van der Waals surface area contributed by atoms with Crippen molar-refractivity contribution in [1.82, 2.24) is 0 Å². The molecule has 0 aliphatic carbocycles. The monoisotopic (exact) mass is 186 g/mol. The van der Waals surface area contributed by atoms with Crippen molar-refractivity contribution in [3.05, 3.63) is 29.2 Å². The van der Waals surface area contributed by atoms with E-state index in [4.69, 9.17) is 0 Å². The Morgan fingerprint density at radius 2 is 1.75 bits per heavy atom. The Labute approximate surface area is 79.3 Å². The summed E-state index contributed by atoms with van der Waals surface area (Å²) in [6.45, 7) is 0. The third-order valence-electron chi connectivity index (χ3n) is 1.47. The molecule has 0 aromatic heterocycles. The number of rotatable bonds is 2. The minimum Gasteiger partial charge on any atom is -1.00 e. The second-order valence-corrected chi connectivity index (χ2v) is 2.50. The van der Waals surface area contributed by atoms with Crippen LogP contribution in [0.3, 0.4) is 0 Å². The van der Waals surface area contributed by atoms with E-state index >= 15 is 0 Å². The van der Waals surface area contributed by atoms with Crippen LogP contribution in [0.5, 0.6) is 0 Å². The zero-order valence-corrected chi connectivity index (χ0v) is 7.75. The summed E-state index contributed by atoms with van der Waals surface area (Å²) in [4.78, 5) is 12.0. The van der Waals surface area contributed by atoms with Gasteiger partial charge in [-0.25, -0.2) is 0 Å². The molecule has 66 valence electrons. The predicted molar refractivity (Wildman–Crippen MR) is 47.3 cm³/mol. The summed E-state index contributed by atoms with van der Waals surface area (Å²) in [5.74, 6) is 0. The van der Waals surface area contributed by atoms with E-state index in [9.17, 15) is 4.91 Å². The van der Waals surface area contributed by atoms with E-state index in [-0.39, 0.29) is 13.8 Å². The first kappa shape index (κ1) is 10.9. The van der Waals surface area contributed by atoms with Gasteiger partial charge in [-0.15, -0.1) is 4.91 Å². The summed E-state index contributed by atoms with van der Waals surface area (Å²) in [5, 5.41) is 2.80.